The lowest BCUT2D eigenvalue weighted by Gasteiger charge is -2.33. The SMILES string of the molecule is COCC1C(C)c2ccc3c(c2-c2cc(C)c4ccccc4[n+]21)C(C)(C)c1c-3oc2ccccc12. The molecule has 174 valence electrons. The average molecular weight is 461 g/mol. The van der Waals surface area contributed by atoms with Crippen molar-refractivity contribution in [3.05, 3.63) is 89.0 Å². The average Bonchev–Trinajstić information content (AvgIpc) is 3.35. The number of aryl methyl sites for hydroxylation is 1. The van der Waals surface area contributed by atoms with Crippen LogP contribution in [-0.4, -0.2) is 13.7 Å². The Morgan fingerprint density at radius 3 is 2.49 bits per heavy atom. The molecule has 3 heterocycles. The molecule has 0 N–H and O–H groups in total. The van der Waals surface area contributed by atoms with Crippen molar-refractivity contribution in [1.29, 1.82) is 0 Å². The number of fused-ring (bicyclic) bond motifs is 11. The second kappa shape index (κ2) is 7.05. The van der Waals surface area contributed by atoms with Crippen molar-refractivity contribution in [2.24, 2.45) is 0 Å². The number of furan rings is 1. The summed E-state index contributed by atoms with van der Waals surface area (Å²) in [5.41, 5.74) is 11.4. The van der Waals surface area contributed by atoms with Crippen LogP contribution in [0.25, 0.3) is 44.5 Å². The highest BCUT2D eigenvalue weighted by atomic mass is 16.5. The van der Waals surface area contributed by atoms with Crippen LogP contribution in [0, 0.1) is 6.92 Å². The molecule has 0 spiro atoms. The lowest BCUT2D eigenvalue weighted by Crippen LogP contribution is -2.50. The van der Waals surface area contributed by atoms with E-state index < -0.39 is 0 Å². The zero-order valence-corrected chi connectivity index (χ0v) is 21.0. The lowest BCUT2D eigenvalue weighted by molar-refractivity contribution is -0.695. The number of pyridine rings is 1. The molecule has 0 saturated heterocycles. The number of hydrogen-bond donors (Lipinski definition) is 0. The summed E-state index contributed by atoms with van der Waals surface area (Å²) in [4.78, 5) is 0. The van der Waals surface area contributed by atoms with Gasteiger partial charge >= 0.3 is 0 Å². The number of nitrogens with zero attached hydrogens (tertiary/aromatic N) is 1. The van der Waals surface area contributed by atoms with Crippen LogP contribution < -0.4 is 4.57 Å². The predicted molar refractivity (Wildman–Crippen MR) is 141 cm³/mol. The summed E-state index contributed by atoms with van der Waals surface area (Å²) < 4.78 is 14.8. The Morgan fingerprint density at radius 2 is 1.69 bits per heavy atom. The maximum Gasteiger partial charge on any atom is 0.214 e. The third-order valence-electron chi connectivity index (χ3n) is 8.52. The van der Waals surface area contributed by atoms with E-state index in [0.717, 1.165) is 11.3 Å². The van der Waals surface area contributed by atoms with E-state index >= 15 is 0 Å². The Hall–Kier alpha value is -3.43. The fraction of sp³-hybridized carbons (Fsp3) is 0.281. The summed E-state index contributed by atoms with van der Waals surface area (Å²) in [6.45, 7) is 10.00. The monoisotopic (exact) mass is 460 g/mol. The van der Waals surface area contributed by atoms with Gasteiger partial charge in [-0.2, -0.15) is 4.57 Å². The van der Waals surface area contributed by atoms with Crippen molar-refractivity contribution in [2.75, 3.05) is 13.7 Å². The third-order valence-corrected chi connectivity index (χ3v) is 8.52. The highest BCUT2D eigenvalue weighted by Gasteiger charge is 2.48. The van der Waals surface area contributed by atoms with Gasteiger partial charge < -0.3 is 9.15 Å². The van der Waals surface area contributed by atoms with Crippen LogP contribution in [0.1, 0.15) is 55.0 Å². The molecule has 0 fully saturated rings. The number of methoxy groups -OCH3 is 1. The van der Waals surface area contributed by atoms with Crippen LogP contribution in [0.4, 0.5) is 0 Å². The summed E-state index contributed by atoms with van der Waals surface area (Å²) in [5.74, 6) is 1.35. The van der Waals surface area contributed by atoms with Gasteiger partial charge in [0.2, 0.25) is 11.2 Å². The number of benzene rings is 3. The number of para-hydroxylation sites is 2. The Labute approximate surface area is 206 Å². The van der Waals surface area contributed by atoms with E-state index in [4.69, 9.17) is 9.15 Å². The van der Waals surface area contributed by atoms with Gasteiger partial charge in [-0.15, -0.1) is 0 Å². The Morgan fingerprint density at radius 1 is 0.943 bits per heavy atom. The van der Waals surface area contributed by atoms with Gasteiger partial charge in [0, 0.05) is 52.5 Å². The minimum absolute atomic E-state index is 0.173. The van der Waals surface area contributed by atoms with Gasteiger partial charge in [-0.3, -0.25) is 0 Å². The van der Waals surface area contributed by atoms with E-state index in [-0.39, 0.29) is 11.5 Å². The normalized spacial score (nSPS) is 19.5. The first-order valence-electron chi connectivity index (χ1n) is 12.6. The molecule has 0 amide bonds. The topological polar surface area (TPSA) is 26.2 Å². The molecule has 0 saturated carbocycles. The van der Waals surface area contributed by atoms with E-state index in [2.05, 4.69) is 99.0 Å². The van der Waals surface area contributed by atoms with Crippen LogP contribution in [0.2, 0.25) is 0 Å². The highest BCUT2D eigenvalue weighted by molar-refractivity contribution is 5.97. The van der Waals surface area contributed by atoms with Crippen LogP contribution in [-0.2, 0) is 10.2 Å². The van der Waals surface area contributed by atoms with E-state index in [9.17, 15) is 0 Å². The first-order valence-corrected chi connectivity index (χ1v) is 12.6. The van der Waals surface area contributed by atoms with Gasteiger partial charge in [0.05, 0.1) is 5.56 Å². The number of hydrogen-bond acceptors (Lipinski definition) is 2. The minimum atomic E-state index is -0.173. The molecule has 1 aliphatic carbocycles. The fourth-order valence-electron chi connectivity index (χ4n) is 6.96. The number of ether oxygens (including phenoxy) is 1. The molecule has 7 rings (SSSR count). The summed E-state index contributed by atoms with van der Waals surface area (Å²) in [6, 6.07) is 24.5. The van der Waals surface area contributed by atoms with E-state index in [1.54, 1.807) is 0 Å². The molecule has 0 bridgehead atoms. The predicted octanol–water partition coefficient (Wildman–Crippen LogP) is 7.46. The Bertz CT molecular complexity index is 1670. The summed E-state index contributed by atoms with van der Waals surface area (Å²) in [5, 5.41) is 2.53. The molecular weight excluding hydrogens is 430 g/mol. The molecule has 35 heavy (non-hydrogen) atoms. The van der Waals surface area contributed by atoms with Crippen molar-refractivity contribution < 1.29 is 13.7 Å². The van der Waals surface area contributed by atoms with Crippen LogP contribution in [0.15, 0.2) is 71.1 Å². The van der Waals surface area contributed by atoms with Crippen molar-refractivity contribution in [2.45, 2.75) is 45.1 Å². The van der Waals surface area contributed by atoms with E-state index in [1.165, 1.54) is 55.4 Å². The second-order valence-corrected chi connectivity index (χ2v) is 10.8. The lowest BCUT2D eigenvalue weighted by atomic mass is 9.73. The molecule has 1 aliphatic heterocycles. The Balaban J connectivity index is 1.61. The first-order chi connectivity index (χ1) is 16.9. The smallest absolute Gasteiger partial charge is 0.214 e. The molecule has 5 aromatic rings. The molecule has 3 aromatic carbocycles. The van der Waals surface area contributed by atoms with E-state index in [0.29, 0.717) is 12.5 Å². The van der Waals surface area contributed by atoms with Crippen LogP contribution in [0.5, 0.6) is 0 Å². The zero-order valence-electron chi connectivity index (χ0n) is 21.0. The number of aromatic nitrogens is 1. The highest BCUT2D eigenvalue weighted by Crippen LogP contribution is 2.57. The molecule has 2 unspecified atom stereocenters. The standard InChI is InChI=1S/C32H30NO2/c1-18-16-25-28-21(19(2)26(17-34-5)33(25)24-12-8-6-10-20(18)24)14-15-23-29(28)32(3,4)30-22-11-7-9-13-27(22)35-31(23)30/h6-16,19,26H,17H2,1-5H3/q+1. The molecule has 3 heteroatoms. The van der Waals surface area contributed by atoms with Gasteiger partial charge in [0.1, 0.15) is 18.0 Å². The minimum Gasteiger partial charge on any atom is -0.456 e. The molecular formula is C32H30NO2+. The third kappa shape index (κ3) is 2.57. The van der Waals surface area contributed by atoms with Gasteiger partial charge in [-0.1, -0.05) is 63.2 Å². The first kappa shape index (κ1) is 20.9. The molecule has 3 nitrogen and oxygen atoms in total. The van der Waals surface area contributed by atoms with Crippen LogP contribution in [0.3, 0.4) is 0 Å². The van der Waals surface area contributed by atoms with Crippen LogP contribution >= 0.6 is 0 Å². The van der Waals surface area contributed by atoms with Crippen molar-refractivity contribution in [3.63, 3.8) is 0 Å². The largest absolute Gasteiger partial charge is 0.456 e. The maximum atomic E-state index is 6.51. The molecule has 0 radical (unpaired) electrons. The van der Waals surface area contributed by atoms with Crippen molar-refractivity contribution in [1.82, 2.24) is 0 Å². The van der Waals surface area contributed by atoms with Gasteiger partial charge in [0.25, 0.3) is 0 Å². The van der Waals surface area contributed by atoms with Gasteiger partial charge in [0.15, 0.2) is 6.04 Å². The summed E-state index contributed by atoms with van der Waals surface area (Å²) >= 11 is 0. The van der Waals surface area contributed by atoms with Gasteiger partial charge in [-0.05, 0) is 35.7 Å². The number of rotatable bonds is 2. The van der Waals surface area contributed by atoms with Gasteiger partial charge in [-0.25, -0.2) is 0 Å². The molecule has 2 atom stereocenters. The Kier molecular flexibility index (Phi) is 4.21. The maximum absolute atomic E-state index is 6.51. The molecule has 2 aromatic heterocycles. The zero-order chi connectivity index (χ0) is 24.1. The second-order valence-electron chi connectivity index (χ2n) is 10.8. The summed E-state index contributed by atoms with van der Waals surface area (Å²) in [6.07, 6.45) is 0. The molecule has 2 aliphatic rings. The van der Waals surface area contributed by atoms with Crippen molar-refractivity contribution >= 4 is 21.9 Å². The van der Waals surface area contributed by atoms with Crippen molar-refractivity contribution in [3.8, 4) is 22.6 Å². The summed E-state index contributed by atoms with van der Waals surface area (Å²) in [7, 11) is 1.81. The fourth-order valence-corrected chi connectivity index (χ4v) is 6.96. The quantitative estimate of drug-likeness (QED) is 0.256. The van der Waals surface area contributed by atoms with E-state index in [1.807, 2.05) is 7.11 Å².